The van der Waals surface area contributed by atoms with Gasteiger partial charge in [0, 0.05) is 24.7 Å². The van der Waals surface area contributed by atoms with Crippen LogP contribution in [0.5, 0.6) is 0 Å². The molecule has 25 heavy (non-hydrogen) atoms. The van der Waals surface area contributed by atoms with Crippen LogP contribution in [0.4, 0.5) is 4.79 Å². The summed E-state index contributed by atoms with van der Waals surface area (Å²) in [4.78, 5) is 11.7. The predicted molar refractivity (Wildman–Crippen MR) is 98.2 cm³/mol. The molecule has 0 aliphatic rings. The van der Waals surface area contributed by atoms with Gasteiger partial charge in [-0.05, 0) is 30.2 Å². The molecule has 2 amide bonds. The normalized spacial score (nSPS) is 11.1. The van der Waals surface area contributed by atoms with Crippen LogP contribution in [0.1, 0.15) is 5.56 Å². The second-order valence-corrected chi connectivity index (χ2v) is 7.48. The van der Waals surface area contributed by atoms with Crippen molar-refractivity contribution in [1.29, 1.82) is 0 Å². The second-order valence-electron chi connectivity index (χ2n) is 5.27. The SMILES string of the molecule is O=C(NCCNS(=O)(=O)c1cccc(Cl)c1)NCCc1ccccc1. The Kier molecular flexibility index (Phi) is 7.24. The van der Waals surface area contributed by atoms with Gasteiger partial charge in [-0.1, -0.05) is 48.0 Å². The summed E-state index contributed by atoms with van der Waals surface area (Å²) in [5.74, 6) is 0. The summed E-state index contributed by atoms with van der Waals surface area (Å²) in [6.45, 7) is 0.766. The molecule has 0 unspecified atom stereocenters. The average Bonchev–Trinajstić information content (AvgIpc) is 2.60. The maximum absolute atomic E-state index is 12.1. The van der Waals surface area contributed by atoms with Crippen molar-refractivity contribution in [3.8, 4) is 0 Å². The Morgan fingerprint density at radius 1 is 0.920 bits per heavy atom. The molecule has 134 valence electrons. The Morgan fingerprint density at radius 2 is 1.64 bits per heavy atom. The second kappa shape index (κ2) is 9.41. The third kappa shape index (κ3) is 6.74. The van der Waals surface area contributed by atoms with Gasteiger partial charge in [-0.2, -0.15) is 0 Å². The van der Waals surface area contributed by atoms with E-state index in [0.29, 0.717) is 11.6 Å². The van der Waals surface area contributed by atoms with Gasteiger partial charge in [0.25, 0.3) is 0 Å². The zero-order valence-corrected chi connectivity index (χ0v) is 15.1. The fourth-order valence-corrected chi connectivity index (χ4v) is 3.44. The molecule has 2 aromatic rings. The van der Waals surface area contributed by atoms with E-state index >= 15 is 0 Å². The molecule has 2 aromatic carbocycles. The quantitative estimate of drug-likeness (QED) is 0.612. The molecule has 0 spiro atoms. The van der Waals surface area contributed by atoms with Gasteiger partial charge in [-0.25, -0.2) is 17.9 Å². The van der Waals surface area contributed by atoms with E-state index in [1.807, 2.05) is 30.3 Å². The minimum atomic E-state index is -3.64. The first-order chi connectivity index (χ1) is 12.0. The molecule has 0 bridgehead atoms. The zero-order valence-electron chi connectivity index (χ0n) is 13.5. The van der Waals surface area contributed by atoms with Gasteiger partial charge in [0.1, 0.15) is 0 Å². The largest absolute Gasteiger partial charge is 0.338 e. The van der Waals surface area contributed by atoms with E-state index in [-0.39, 0.29) is 24.0 Å². The molecule has 0 aliphatic carbocycles. The number of hydrogen-bond donors (Lipinski definition) is 3. The Bertz CT molecular complexity index is 798. The summed E-state index contributed by atoms with van der Waals surface area (Å²) in [5, 5.41) is 5.67. The highest BCUT2D eigenvalue weighted by molar-refractivity contribution is 7.89. The lowest BCUT2D eigenvalue weighted by Crippen LogP contribution is -2.40. The molecule has 2 rings (SSSR count). The standard InChI is InChI=1S/C17H20ClN3O3S/c18-15-7-4-8-16(13-15)25(23,24)21-12-11-20-17(22)19-10-9-14-5-2-1-3-6-14/h1-8,13,21H,9-12H2,(H2,19,20,22). The third-order valence-corrected chi connectivity index (χ3v) is 5.04. The van der Waals surface area contributed by atoms with Gasteiger partial charge in [0.2, 0.25) is 10.0 Å². The number of hydrogen-bond acceptors (Lipinski definition) is 3. The van der Waals surface area contributed by atoms with E-state index in [1.165, 1.54) is 12.1 Å². The van der Waals surface area contributed by atoms with Crippen molar-refractivity contribution in [2.45, 2.75) is 11.3 Å². The Balaban J connectivity index is 1.66. The Morgan fingerprint density at radius 3 is 2.36 bits per heavy atom. The Hall–Kier alpha value is -2.09. The van der Waals surface area contributed by atoms with Crippen LogP contribution in [0.2, 0.25) is 5.02 Å². The third-order valence-electron chi connectivity index (χ3n) is 3.35. The number of amides is 2. The fraction of sp³-hybridized carbons (Fsp3) is 0.235. The summed E-state index contributed by atoms with van der Waals surface area (Å²) < 4.78 is 26.5. The van der Waals surface area contributed by atoms with Crippen LogP contribution in [0.25, 0.3) is 0 Å². The van der Waals surface area contributed by atoms with Crippen LogP contribution in [0.3, 0.4) is 0 Å². The number of urea groups is 1. The summed E-state index contributed by atoms with van der Waals surface area (Å²) in [5.41, 5.74) is 1.14. The van der Waals surface area contributed by atoms with Crippen LogP contribution in [0, 0.1) is 0 Å². The monoisotopic (exact) mass is 381 g/mol. The highest BCUT2D eigenvalue weighted by atomic mass is 35.5. The van der Waals surface area contributed by atoms with Gasteiger partial charge in [-0.3, -0.25) is 0 Å². The van der Waals surface area contributed by atoms with Crippen LogP contribution in [-0.2, 0) is 16.4 Å². The molecule has 0 fully saturated rings. The van der Waals surface area contributed by atoms with Crippen molar-refractivity contribution in [2.75, 3.05) is 19.6 Å². The maximum atomic E-state index is 12.1. The summed E-state index contributed by atoms with van der Waals surface area (Å²) in [6.07, 6.45) is 0.732. The lowest BCUT2D eigenvalue weighted by Gasteiger charge is -2.09. The van der Waals surface area contributed by atoms with E-state index in [4.69, 9.17) is 11.6 Å². The van der Waals surface area contributed by atoms with Gasteiger partial charge in [-0.15, -0.1) is 0 Å². The van der Waals surface area contributed by atoms with Crippen LogP contribution in [0.15, 0.2) is 59.5 Å². The number of carbonyl (C=O) groups is 1. The fourth-order valence-electron chi connectivity index (χ4n) is 2.11. The minimum absolute atomic E-state index is 0.0843. The summed E-state index contributed by atoms with van der Waals surface area (Å²) in [7, 11) is -3.64. The molecular weight excluding hydrogens is 362 g/mol. The van der Waals surface area contributed by atoms with Crippen molar-refractivity contribution in [2.24, 2.45) is 0 Å². The molecule has 6 nitrogen and oxygen atoms in total. The molecular formula is C17H20ClN3O3S. The van der Waals surface area contributed by atoms with Crippen molar-refractivity contribution >= 4 is 27.7 Å². The van der Waals surface area contributed by atoms with Gasteiger partial charge < -0.3 is 10.6 Å². The van der Waals surface area contributed by atoms with Crippen LogP contribution in [-0.4, -0.2) is 34.1 Å². The molecule has 8 heteroatoms. The Labute approximate surface area is 152 Å². The van der Waals surface area contributed by atoms with E-state index in [0.717, 1.165) is 12.0 Å². The first-order valence-electron chi connectivity index (χ1n) is 7.78. The number of nitrogens with one attached hydrogen (secondary N) is 3. The molecule has 0 saturated heterocycles. The average molecular weight is 382 g/mol. The highest BCUT2D eigenvalue weighted by Gasteiger charge is 2.13. The molecule has 0 heterocycles. The van der Waals surface area contributed by atoms with E-state index < -0.39 is 10.0 Å². The van der Waals surface area contributed by atoms with Crippen molar-refractivity contribution < 1.29 is 13.2 Å². The lowest BCUT2D eigenvalue weighted by molar-refractivity contribution is 0.241. The number of carbonyl (C=O) groups excluding carboxylic acids is 1. The summed E-state index contributed by atoms with van der Waals surface area (Å²) in [6, 6.07) is 15.5. The number of rotatable bonds is 8. The van der Waals surface area contributed by atoms with E-state index in [9.17, 15) is 13.2 Å². The molecule has 0 aliphatic heterocycles. The lowest BCUT2D eigenvalue weighted by atomic mass is 10.1. The minimum Gasteiger partial charge on any atom is -0.338 e. The van der Waals surface area contributed by atoms with E-state index in [1.54, 1.807) is 12.1 Å². The number of halogens is 1. The van der Waals surface area contributed by atoms with Gasteiger partial charge in [0.15, 0.2) is 0 Å². The van der Waals surface area contributed by atoms with Gasteiger partial charge >= 0.3 is 6.03 Å². The number of benzene rings is 2. The molecule has 0 radical (unpaired) electrons. The van der Waals surface area contributed by atoms with Crippen LogP contribution < -0.4 is 15.4 Å². The van der Waals surface area contributed by atoms with Crippen molar-refractivity contribution in [3.63, 3.8) is 0 Å². The van der Waals surface area contributed by atoms with E-state index in [2.05, 4.69) is 15.4 Å². The highest BCUT2D eigenvalue weighted by Crippen LogP contribution is 2.14. The van der Waals surface area contributed by atoms with Crippen molar-refractivity contribution in [3.05, 3.63) is 65.2 Å². The van der Waals surface area contributed by atoms with Gasteiger partial charge in [0.05, 0.1) is 4.90 Å². The maximum Gasteiger partial charge on any atom is 0.314 e. The zero-order chi connectivity index (χ0) is 18.1. The molecule has 0 aromatic heterocycles. The predicted octanol–water partition coefficient (Wildman–Crippen LogP) is 2.16. The first kappa shape index (κ1) is 19.2. The molecule has 0 saturated carbocycles. The summed E-state index contributed by atoms with van der Waals surface area (Å²) >= 11 is 5.79. The van der Waals surface area contributed by atoms with Crippen molar-refractivity contribution in [1.82, 2.24) is 15.4 Å². The smallest absolute Gasteiger partial charge is 0.314 e. The topological polar surface area (TPSA) is 87.3 Å². The molecule has 0 atom stereocenters. The molecule has 3 N–H and O–H groups in total. The van der Waals surface area contributed by atoms with Crippen LogP contribution >= 0.6 is 11.6 Å². The number of sulfonamides is 1. The first-order valence-corrected chi connectivity index (χ1v) is 9.64.